The number of halogens is 1. The van der Waals surface area contributed by atoms with Crippen LogP contribution in [0.2, 0.25) is 5.02 Å². The summed E-state index contributed by atoms with van der Waals surface area (Å²) in [5, 5.41) is 3.48. The van der Waals surface area contributed by atoms with Crippen LogP contribution in [0, 0.1) is 0 Å². The van der Waals surface area contributed by atoms with Crippen molar-refractivity contribution in [3.63, 3.8) is 0 Å². The van der Waals surface area contributed by atoms with Crippen LogP contribution in [0.1, 0.15) is 18.1 Å². The number of rotatable bonds is 10. The highest BCUT2D eigenvalue weighted by Gasteiger charge is 2.30. The zero-order valence-electron chi connectivity index (χ0n) is 18.0. The molecule has 0 saturated carbocycles. The third kappa shape index (κ3) is 6.87. The summed E-state index contributed by atoms with van der Waals surface area (Å²) in [6, 6.07) is 26.4. The molecule has 6 heteroatoms. The summed E-state index contributed by atoms with van der Waals surface area (Å²) in [7, 11) is 0. The van der Waals surface area contributed by atoms with Crippen LogP contribution in [0.15, 0.2) is 89.8 Å². The van der Waals surface area contributed by atoms with E-state index in [1.165, 1.54) is 11.8 Å². The molecule has 0 unspecified atom stereocenters. The maximum atomic E-state index is 13.5. The van der Waals surface area contributed by atoms with Crippen LogP contribution in [-0.2, 0) is 22.6 Å². The first-order valence-electron chi connectivity index (χ1n) is 10.6. The number of hydrogen-bond donors (Lipinski definition) is 1. The van der Waals surface area contributed by atoms with Gasteiger partial charge in [-0.15, -0.1) is 11.8 Å². The quantitative estimate of drug-likeness (QED) is 0.417. The predicted molar refractivity (Wildman–Crippen MR) is 132 cm³/mol. The van der Waals surface area contributed by atoms with E-state index >= 15 is 0 Å². The molecular formula is C26H27ClN2O2S. The molecule has 0 bridgehead atoms. The Labute approximate surface area is 199 Å². The highest BCUT2D eigenvalue weighted by molar-refractivity contribution is 8.00. The Balaban J connectivity index is 1.89. The molecule has 0 aliphatic heterocycles. The van der Waals surface area contributed by atoms with Crippen LogP contribution in [-0.4, -0.2) is 35.1 Å². The summed E-state index contributed by atoms with van der Waals surface area (Å²) in [6.07, 6.45) is 0.429. The van der Waals surface area contributed by atoms with E-state index in [1.54, 1.807) is 11.0 Å². The van der Waals surface area contributed by atoms with Gasteiger partial charge in [-0.1, -0.05) is 78.3 Å². The van der Waals surface area contributed by atoms with Crippen LogP contribution in [0.3, 0.4) is 0 Å². The molecule has 32 heavy (non-hydrogen) atoms. The SMILES string of the molecule is CCNC(=O)[C@@H](Cc1ccccc1)N(Cc1ccccc1Cl)C(=O)CSc1ccccc1. The molecule has 0 aliphatic rings. The summed E-state index contributed by atoms with van der Waals surface area (Å²) in [5.74, 6) is -0.0356. The van der Waals surface area contributed by atoms with Gasteiger partial charge < -0.3 is 10.2 Å². The minimum absolute atomic E-state index is 0.106. The summed E-state index contributed by atoms with van der Waals surface area (Å²) in [6.45, 7) is 2.64. The number of likely N-dealkylation sites (N-methyl/N-ethyl adjacent to an activating group) is 1. The number of benzene rings is 3. The van der Waals surface area contributed by atoms with Gasteiger partial charge in [0.1, 0.15) is 6.04 Å². The fraction of sp³-hybridized carbons (Fsp3) is 0.231. The predicted octanol–water partition coefficient (Wildman–Crippen LogP) is 5.21. The van der Waals surface area contributed by atoms with E-state index in [0.717, 1.165) is 16.0 Å². The van der Waals surface area contributed by atoms with Gasteiger partial charge in [0.2, 0.25) is 11.8 Å². The molecule has 3 aromatic rings. The summed E-state index contributed by atoms with van der Waals surface area (Å²) >= 11 is 7.87. The van der Waals surface area contributed by atoms with Crippen molar-refractivity contribution < 1.29 is 9.59 Å². The number of nitrogens with zero attached hydrogens (tertiary/aromatic N) is 1. The van der Waals surface area contributed by atoms with E-state index < -0.39 is 6.04 Å². The van der Waals surface area contributed by atoms with Crippen molar-refractivity contribution in [1.29, 1.82) is 0 Å². The standard InChI is InChI=1S/C26H27ClN2O2S/c1-2-28-26(31)24(17-20-11-5-3-6-12-20)29(18-21-13-9-10-16-23(21)27)25(30)19-32-22-14-7-4-8-15-22/h3-16,24H,2,17-19H2,1H3,(H,28,31)/t24-/m1/s1. The lowest BCUT2D eigenvalue weighted by molar-refractivity contribution is -0.139. The molecule has 4 nitrogen and oxygen atoms in total. The second kappa shape index (κ2) is 12.3. The van der Waals surface area contributed by atoms with Gasteiger partial charge in [-0.2, -0.15) is 0 Å². The fourth-order valence-corrected chi connectivity index (χ4v) is 4.40. The summed E-state index contributed by atoms with van der Waals surface area (Å²) in [5.41, 5.74) is 1.81. The first-order valence-corrected chi connectivity index (χ1v) is 12.0. The topological polar surface area (TPSA) is 49.4 Å². The number of amides is 2. The number of thioether (sulfide) groups is 1. The van der Waals surface area contributed by atoms with Crippen LogP contribution < -0.4 is 5.32 Å². The van der Waals surface area contributed by atoms with Crippen LogP contribution >= 0.6 is 23.4 Å². The lowest BCUT2D eigenvalue weighted by Crippen LogP contribution is -2.51. The fourth-order valence-electron chi connectivity index (χ4n) is 3.40. The lowest BCUT2D eigenvalue weighted by Gasteiger charge is -2.31. The molecular weight excluding hydrogens is 440 g/mol. The van der Waals surface area contributed by atoms with Crippen molar-refractivity contribution in [1.82, 2.24) is 10.2 Å². The Morgan fingerprint density at radius 1 is 0.938 bits per heavy atom. The summed E-state index contributed by atoms with van der Waals surface area (Å²) < 4.78 is 0. The van der Waals surface area contributed by atoms with Gasteiger partial charge in [0, 0.05) is 29.4 Å². The highest BCUT2D eigenvalue weighted by Crippen LogP contribution is 2.23. The maximum Gasteiger partial charge on any atom is 0.243 e. The molecule has 0 radical (unpaired) electrons. The molecule has 3 rings (SSSR count). The Kier molecular flexibility index (Phi) is 9.20. The lowest BCUT2D eigenvalue weighted by atomic mass is 10.0. The minimum atomic E-state index is -0.641. The Bertz CT molecular complexity index is 1010. The van der Waals surface area contributed by atoms with Gasteiger partial charge in [0.25, 0.3) is 0 Å². The van der Waals surface area contributed by atoms with Gasteiger partial charge >= 0.3 is 0 Å². The van der Waals surface area contributed by atoms with Crippen molar-refractivity contribution >= 4 is 35.2 Å². The van der Waals surface area contributed by atoms with E-state index in [4.69, 9.17) is 11.6 Å². The van der Waals surface area contributed by atoms with Crippen molar-refractivity contribution in [3.05, 3.63) is 101 Å². The molecule has 0 aliphatic carbocycles. The first-order chi connectivity index (χ1) is 15.6. The largest absolute Gasteiger partial charge is 0.355 e. The van der Waals surface area contributed by atoms with Crippen molar-refractivity contribution in [2.24, 2.45) is 0 Å². The molecule has 0 heterocycles. The van der Waals surface area contributed by atoms with Crippen LogP contribution in [0.4, 0.5) is 0 Å². The second-order valence-corrected chi connectivity index (χ2v) is 8.77. The van der Waals surface area contributed by atoms with E-state index in [-0.39, 0.29) is 24.1 Å². The molecule has 2 amide bonds. The number of carbonyl (C=O) groups excluding carboxylic acids is 2. The Morgan fingerprint density at radius 2 is 1.56 bits per heavy atom. The molecule has 0 aromatic heterocycles. The first kappa shape index (κ1) is 23.9. The van der Waals surface area contributed by atoms with Crippen molar-refractivity contribution in [2.75, 3.05) is 12.3 Å². The van der Waals surface area contributed by atoms with Gasteiger partial charge in [-0.25, -0.2) is 0 Å². The average molecular weight is 467 g/mol. The Morgan fingerprint density at radius 3 is 2.22 bits per heavy atom. The molecule has 0 fully saturated rings. The molecule has 166 valence electrons. The van der Waals surface area contributed by atoms with Gasteiger partial charge in [-0.05, 0) is 36.2 Å². The average Bonchev–Trinajstić information content (AvgIpc) is 2.82. The number of nitrogens with one attached hydrogen (secondary N) is 1. The van der Waals surface area contributed by atoms with Gasteiger partial charge in [0.15, 0.2) is 0 Å². The van der Waals surface area contributed by atoms with Crippen molar-refractivity contribution in [3.8, 4) is 0 Å². The van der Waals surface area contributed by atoms with Crippen LogP contribution in [0.25, 0.3) is 0 Å². The van der Waals surface area contributed by atoms with E-state index in [0.29, 0.717) is 18.0 Å². The molecule has 3 aromatic carbocycles. The minimum Gasteiger partial charge on any atom is -0.355 e. The number of hydrogen-bond acceptors (Lipinski definition) is 3. The monoisotopic (exact) mass is 466 g/mol. The van der Waals surface area contributed by atoms with E-state index in [1.807, 2.05) is 85.8 Å². The maximum absolute atomic E-state index is 13.5. The third-order valence-electron chi connectivity index (χ3n) is 5.03. The van der Waals surface area contributed by atoms with Gasteiger partial charge in [-0.3, -0.25) is 9.59 Å². The second-order valence-electron chi connectivity index (χ2n) is 7.31. The molecule has 1 atom stereocenters. The zero-order valence-corrected chi connectivity index (χ0v) is 19.6. The highest BCUT2D eigenvalue weighted by atomic mass is 35.5. The van der Waals surface area contributed by atoms with Crippen molar-refractivity contribution in [2.45, 2.75) is 30.8 Å². The van der Waals surface area contributed by atoms with E-state index in [9.17, 15) is 9.59 Å². The third-order valence-corrected chi connectivity index (χ3v) is 6.39. The van der Waals surface area contributed by atoms with Crippen LogP contribution in [0.5, 0.6) is 0 Å². The smallest absolute Gasteiger partial charge is 0.243 e. The normalized spacial score (nSPS) is 11.6. The number of carbonyl (C=O) groups is 2. The molecule has 0 spiro atoms. The van der Waals surface area contributed by atoms with E-state index in [2.05, 4.69) is 5.32 Å². The summed E-state index contributed by atoms with van der Waals surface area (Å²) in [4.78, 5) is 29.2. The van der Waals surface area contributed by atoms with Gasteiger partial charge in [0.05, 0.1) is 5.75 Å². The zero-order chi connectivity index (χ0) is 22.8. The Hall–Kier alpha value is -2.76. The molecule has 1 N–H and O–H groups in total. The molecule has 0 saturated heterocycles.